The topological polar surface area (TPSA) is 40.6 Å². The van der Waals surface area contributed by atoms with E-state index in [2.05, 4.69) is 6.07 Å². The minimum absolute atomic E-state index is 0.000169. The minimum Gasteiger partial charge on any atom is -0.342 e. The van der Waals surface area contributed by atoms with Crippen molar-refractivity contribution in [1.82, 2.24) is 4.90 Å². The fourth-order valence-corrected chi connectivity index (χ4v) is 4.29. The highest BCUT2D eigenvalue weighted by molar-refractivity contribution is 5.96. The molecular formula is C23H25FN2O2. The van der Waals surface area contributed by atoms with Crippen molar-refractivity contribution in [2.45, 2.75) is 32.1 Å². The van der Waals surface area contributed by atoms with Gasteiger partial charge in [0.2, 0.25) is 11.8 Å². The normalized spacial score (nSPS) is 17.3. The van der Waals surface area contributed by atoms with Crippen molar-refractivity contribution in [3.63, 3.8) is 0 Å². The second kappa shape index (κ2) is 8.13. The highest BCUT2D eigenvalue weighted by Crippen LogP contribution is 2.30. The van der Waals surface area contributed by atoms with Crippen molar-refractivity contribution in [3.05, 3.63) is 65.5 Å². The van der Waals surface area contributed by atoms with Gasteiger partial charge in [0.05, 0.1) is 6.42 Å². The first-order chi connectivity index (χ1) is 13.6. The van der Waals surface area contributed by atoms with E-state index < -0.39 is 0 Å². The van der Waals surface area contributed by atoms with Gasteiger partial charge in [-0.15, -0.1) is 0 Å². The molecule has 4 nitrogen and oxygen atoms in total. The van der Waals surface area contributed by atoms with Gasteiger partial charge in [-0.1, -0.05) is 30.3 Å². The third-order valence-corrected chi connectivity index (χ3v) is 5.82. The maximum atomic E-state index is 13.3. The van der Waals surface area contributed by atoms with Crippen LogP contribution in [0.3, 0.4) is 0 Å². The Bertz CT molecular complexity index is 874. The highest BCUT2D eigenvalue weighted by Gasteiger charge is 2.32. The summed E-state index contributed by atoms with van der Waals surface area (Å²) < 4.78 is 13.3. The number of hydrogen-bond acceptors (Lipinski definition) is 2. The molecule has 0 radical (unpaired) electrons. The first-order valence-corrected chi connectivity index (χ1v) is 10.0. The van der Waals surface area contributed by atoms with Crippen molar-refractivity contribution in [3.8, 4) is 0 Å². The summed E-state index contributed by atoms with van der Waals surface area (Å²) in [6.07, 6.45) is 3.59. The largest absolute Gasteiger partial charge is 0.342 e. The molecule has 0 saturated carbocycles. The molecule has 28 heavy (non-hydrogen) atoms. The lowest BCUT2D eigenvalue weighted by Gasteiger charge is -2.36. The van der Waals surface area contributed by atoms with Crippen molar-refractivity contribution in [2.24, 2.45) is 5.92 Å². The lowest BCUT2D eigenvalue weighted by atomic mass is 9.92. The van der Waals surface area contributed by atoms with Crippen LogP contribution in [-0.4, -0.2) is 36.3 Å². The molecule has 4 rings (SSSR count). The van der Waals surface area contributed by atoms with E-state index in [-0.39, 0.29) is 30.0 Å². The van der Waals surface area contributed by atoms with E-state index in [1.165, 1.54) is 17.7 Å². The van der Waals surface area contributed by atoms with Crippen molar-refractivity contribution in [2.75, 3.05) is 24.5 Å². The third kappa shape index (κ3) is 3.93. The number of benzene rings is 2. The third-order valence-electron chi connectivity index (χ3n) is 5.82. The van der Waals surface area contributed by atoms with Crippen molar-refractivity contribution in [1.29, 1.82) is 0 Å². The van der Waals surface area contributed by atoms with Crippen LogP contribution in [0.15, 0.2) is 48.5 Å². The van der Waals surface area contributed by atoms with Crippen LogP contribution in [0.1, 0.15) is 30.4 Å². The van der Waals surface area contributed by atoms with Crippen LogP contribution in [0, 0.1) is 11.7 Å². The predicted molar refractivity (Wildman–Crippen MR) is 107 cm³/mol. The molecule has 0 aliphatic carbocycles. The molecule has 146 valence electrons. The van der Waals surface area contributed by atoms with E-state index >= 15 is 0 Å². The van der Waals surface area contributed by atoms with Gasteiger partial charge in [-0.25, -0.2) is 4.39 Å². The molecule has 2 amide bonds. The van der Waals surface area contributed by atoms with Gasteiger partial charge in [-0.05, 0) is 55.0 Å². The van der Waals surface area contributed by atoms with E-state index in [9.17, 15) is 14.0 Å². The first-order valence-electron chi connectivity index (χ1n) is 10.0. The molecule has 2 aromatic carbocycles. The Kier molecular flexibility index (Phi) is 5.42. The molecule has 0 aromatic heterocycles. The van der Waals surface area contributed by atoms with Crippen LogP contribution in [0.4, 0.5) is 10.1 Å². The molecule has 0 spiro atoms. The Morgan fingerprint density at radius 2 is 1.79 bits per heavy atom. The number of rotatable bonds is 3. The zero-order valence-electron chi connectivity index (χ0n) is 15.9. The second-order valence-corrected chi connectivity index (χ2v) is 7.68. The Morgan fingerprint density at radius 3 is 2.57 bits per heavy atom. The van der Waals surface area contributed by atoms with Crippen molar-refractivity contribution < 1.29 is 14.0 Å². The second-order valence-electron chi connectivity index (χ2n) is 7.68. The molecule has 2 heterocycles. The Hall–Kier alpha value is -2.69. The average molecular weight is 380 g/mol. The summed E-state index contributed by atoms with van der Waals surface area (Å²) in [4.78, 5) is 29.4. The predicted octanol–water partition coefficient (Wildman–Crippen LogP) is 3.59. The van der Waals surface area contributed by atoms with Crippen LogP contribution < -0.4 is 4.90 Å². The number of nitrogens with zero attached hydrogens (tertiary/aromatic N) is 2. The maximum Gasteiger partial charge on any atom is 0.230 e. The number of hydrogen-bond donors (Lipinski definition) is 0. The lowest BCUT2D eigenvalue weighted by Crippen LogP contribution is -2.46. The molecule has 2 aliphatic heterocycles. The van der Waals surface area contributed by atoms with Crippen LogP contribution in [0.2, 0.25) is 0 Å². The SMILES string of the molecule is O=C(Cc1cccc(F)c1)N1CCC(C(=O)N2CCCc3ccccc32)CC1. The fourth-order valence-electron chi connectivity index (χ4n) is 4.29. The number of likely N-dealkylation sites (tertiary alicyclic amines) is 1. The van der Waals surface area contributed by atoms with E-state index in [1.54, 1.807) is 17.0 Å². The van der Waals surface area contributed by atoms with Gasteiger partial charge in [0.1, 0.15) is 5.82 Å². The molecule has 5 heteroatoms. The summed E-state index contributed by atoms with van der Waals surface area (Å²) in [5, 5.41) is 0. The Labute approximate surface area is 164 Å². The number of amides is 2. The Morgan fingerprint density at radius 1 is 1.00 bits per heavy atom. The number of halogens is 1. The summed E-state index contributed by atoms with van der Waals surface area (Å²) in [5.41, 5.74) is 2.97. The van der Waals surface area contributed by atoms with Gasteiger partial charge in [0.25, 0.3) is 0 Å². The van der Waals surface area contributed by atoms with Crippen LogP contribution in [-0.2, 0) is 22.4 Å². The average Bonchev–Trinajstić information content (AvgIpc) is 2.73. The lowest BCUT2D eigenvalue weighted by molar-refractivity contribution is -0.134. The van der Waals surface area contributed by atoms with Gasteiger partial charge in [0, 0.05) is 31.2 Å². The van der Waals surface area contributed by atoms with Gasteiger partial charge in [-0.3, -0.25) is 9.59 Å². The smallest absolute Gasteiger partial charge is 0.230 e. The minimum atomic E-state index is -0.323. The van der Waals surface area contributed by atoms with Gasteiger partial charge >= 0.3 is 0 Å². The molecule has 2 aromatic rings. The van der Waals surface area contributed by atoms with Gasteiger partial charge in [-0.2, -0.15) is 0 Å². The van der Waals surface area contributed by atoms with Crippen LogP contribution in [0.5, 0.6) is 0 Å². The monoisotopic (exact) mass is 380 g/mol. The summed E-state index contributed by atoms with van der Waals surface area (Å²) in [5.74, 6) is -0.176. The molecule has 0 atom stereocenters. The summed E-state index contributed by atoms with van der Waals surface area (Å²) in [6.45, 7) is 1.94. The van der Waals surface area contributed by atoms with E-state index in [0.29, 0.717) is 31.5 Å². The summed E-state index contributed by atoms with van der Waals surface area (Å²) >= 11 is 0. The molecule has 0 N–H and O–H groups in total. The molecule has 2 aliphatic rings. The fraction of sp³-hybridized carbons (Fsp3) is 0.391. The first kappa shape index (κ1) is 18.7. The van der Waals surface area contributed by atoms with Gasteiger partial charge in [0.15, 0.2) is 0 Å². The Balaban J connectivity index is 1.35. The van der Waals surface area contributed by atoms with E-state index in [4.69, 9.17) is 0 Å². The zero-order chi connectivity index (χ0) is 19.5. The number of anilines is 1. The standard InChI is InChI=1S/C23H25FN2O2/c24-20-8-3-5-17(15-20)16-22(27)25-13-10-19(11-14-25)23(28)26-12-4-7-18-6-1-2-9-21(18)26/h1-3,5-6,8-9,15,19H,4,7,10-14,16H2. The number of piperidine rings is 1. The molecular weight excluding hydrogens is 355 g/mol. The molecule has 0 unspecified atom stereocenters. The molecule has 0 bridgehead atoms. The number of para-hydroxylation sites is 1. The van der Waals surface area contributed by atoms with Gasteiger partial charge < -0.3 is 9.80 Å². The van der Waals surface area contributed by atoms with Crippen LogP contribution >= 0.6 is 0 Å². The number of carbonyl (C=O) groups is 2. The molecule has 1 fully saturated rings. The summed E-state index contributed by atoms with van der Waals surface area (Å²) in [7, 11) is 0. The number of aryl methyl sites for hydroxylation is 1. The van der Waals surface area contributed by atoms with E-state index in [0.717, 1.165) is 25.1 Å². The zero-order valence-corrected chi connectivity index (χ0v) is 15.9. The summed E-state index contributed by atoms with van der Waals surface area (Å²) in [6, 6.07) is 14.3. The highest BCUT2D eigenvalue weighted by atomic mass is 19.1. The quantitative estimate of drug-likeness (QED) is 0.817. The van der Waals surface area contributed by atoms with Crippen molar-refractivity contribution >= 4 is 17.5 Å². The van der Waals surface area contributed by atoms with Crippen LogP contribution in [0.25, 0.3) is 0 Å². The number of carbonyl (C=O) groups excluding carboxylic acids is 2. The molecule has 1 saturated heterocycles. The maximum absolute atomic E-state index is 13.3. The van der Waals surface area contributed by atoms with E-state index in [1.807, 2.05) is 23.1 Å². The number of fused-ring (bicyclic) bond motifs is 1.